The number of methoxy groups -OCH3 is 1. The lowest BCUT2D eigenvalue weighted by Gasteiger charge is -2.24. The smallest absolute Gasteiger partial charge is 0.123 e. The standard InChI is InChI=1S/C20H23N3O2/c1-22-18-9-4-3-8-17(18)21-20(22)13-23-12-15(24)11-19(23)14-6-5-7-16(10-14)25-2/h3-10,15,19,24H,11-13H2,1-2H3/t15-,19-/m1/s1. The number of para-hydroxylation sites is 2. The molecule has 0 aliphatic carbocycles. The van der Waals surface area contributed by atoms with Crippen LogP contribution in [0.1, 0.15) is 23.9 Å². The molecule has 5 nitrogen and oxygen atoms in total. The van der Waals surface area contributed by atoms with E-state index in [0.717, 1.165) is 29.0 Å². The van der Waals surface area contributed by atoms with E-state index in [2.05, 4.69) is 34.7 Å². The van der Waals surface area contributed by atoms with Crippen LogP contribution < -0.4 is 4.74 Å². The first kappa shape index (κ1) is 16.1. The Morgan fingerprint density at radius 1 is 1.20 bits per heavy atom. The summed E-state index contributed by atoms with van der Waals surface area (Å²) in [5.41, 5.74) is 3.32. The van der Waals surface area contributed by atoms with Gasteiger partial charge in [-0.05, 0) is 36.2 Å². The number of aliphatic hydroxyl groups is 1. The Morgan fingerprint density at radius 2 is 2.04 bits per heavy atom. The van der Waals surface area contributed by atoms with Crippen LogP contribution in [-0.4, -0.2) is 39.3 Å². The summed E-state index contributed by atoms with van der Waals surface area (Å²) in [7, 11) is 3.73. The number of nitrogens with zero attached hydrogens (tertiary/aromatic N) is 3. The van der Waals surface area contributed by atoms with Crippen molar-refractivity contribution in [3.8, 4) is 5.75 Å². The lowest BCUT2D eigenvalue weighted by atomic mass is 10.0. The van der Waals surface area contributed by atoms with Gasteiger partial charge in [0, 0.05) is 19.6 Å². The average Bonchev–Trinajstić information content (AvgIpc) is 3.16. The molecule has 1 N–H and O–H groups in total. The van der Waals surface area contributed by atoms with Gasteiger partial charge in [0.1, 0.15) is 11.6 Å². The third-order valence-corrected chi connectivity index (χ3v) is 5.08. The zero-order chi connectivity index (χ0) is 17.4. The molecule has 0 radical (unpaired) electrons. The maximum absolute atomic E-state index is 10.2. The SMILES string of the molecule is COc1cccc([C@H]2C[C@@H](O)CN2Cc2nc3ccccc3n2C)c1. The average molecular weight is 337 g/mol. The van der Waals surface area contributed by atoms with E-state index in [1.54, 1.807) is 7.11 Å². The summed E-state index contributed by atoms with van der Waals surface area (Å²) in [5, 5.41) is 10.2. The summed E-state index contributed by atoms with van der Waals surface area (Å²) in [6, 6.07) is 16.5. The van der Waals surface area contributed by atoms with Crippen molar-refractivity contribution >= 4 is 11.0 Å². The maximum atomic E-state index is 10.2. The van der Waals surface area contributed by atoms with E-state index >= 15 is 0 Å². The molecule has 130 valence electrons. The molecule has 0 amide bonds. The summed E-state index contributed by atoms with van der Waals surface area (Å²) >= 11 is 0. The fraction of sp³-hybridized carbons (Fsp3) is 0.350. The summed E-state index contributed by atoms with van der Waals surface area (Å²) < 4.78 is 7.50. The van der Waals surface area contributed by atoms with Crippen LogP contribution in [0.3, 0.4) is 0 Å². The molecule has 5 heteroatoms. The minimum atomic E-state index is -0.314. The molecule has 1 aromatic heterocycles. The number of benzene rings is 2. The van der Waals surface area contributed by atoms with E-state index in [1.165, 1.54) is 5.56 Å². The lowest BCUT2D eigenvalue weighted by molar-refractivity contribution is 0.171. The minimum absolute atomic E-state index is 0.171. The number of ether oxygens (including phenoxy) is 1. The highest BCUT2D eigenvalue weighted by Crippen LogP contribution is 2.34. The van der Waals surface area contributed by atoms with Crippen molar-refractivity contribution in [2.75, 3.05) is 13.7 Å². The fourth-order valence-corrected chi connectivity index (χ4v) is 3.77. The predicted molar refractivity (Wildman–Crippen MR) is 97.5 cm³/mol. The van der Waals surface area contributed by atoms with Crippen LogP contribution in [0.15, 0.2) is 48.5 Å². The molecule has 0 bridgehead atoms. The minimum Gasteiger partial charge on any atom is -0.497 e. The van der Waals surface area contributed by atoms with Crippen LogP contribution in [0.4, 0.5) is 0 Å². The van der Waals surface area contributed by atoms with Gasteiger partial charge in [0.15, 0.2) is 0 Å². The summed E-state index contributed by atoms with van der Waals surface area (Å²) in [5.74, 6) is 1.87. The van der Waals surface area contributed by atoms with E-state index in [1.807, 2.05) is 30.3 Å². The van der Waals surface area contributed by atoms with Gasteiger partial charge >= 0.3 is 0 Å². The van der Waals surface area contributed by atoms with Crippen molar-refractivity contribution in [1.82, 2.24) is 14.5 Å². The molecule has 1 saturated heterocycles. The molecule has 2 atom stereocenters. The number of rotatable bonds is 4. The molecule has 2 aromatic carbocycles. The molecule has 2 heterocycles. The van der Waals surface area contributed by atoms with Gasteiger partial charge in [-0.2, -0.15) is 0 Å². The van der Waals surface area contributed by atoms with Gasteiger partial charge in [-0.15, -0.1) is 0 Å². The number of hydrogen-bond acceptors (Lipinski definition) is 4. The van der Waals surface area contributed by atoms with Crippen LogP contribution in [0.2, 0.25) is 0 Å². The third-order valence-electron chi connectivity index (χ3n) is 5.08. The van der Waals surface area contributed by atoms with Gasteiger partial charge in [0.25, 0.3) is 0 Å². The third kappa shape index (κ3) is 3.01. The molecular weight excluding hydrogens is 314 g/mol. The van der Waals surface area contributed by atoms with Crippen molar-refractivity contribution in [1.29, 1.82) is 0 Å². The maximum Gasteiger partial charge on any atom is 0.123 e. The molecule has 1 aliphatic rings. The van der Waals surface area contributed by atoms with E-state index in [4.69, 9.17) is 9.72 Å². The molecular formula is C20H23N3O2. The molecule has 4 rings (SSSR count). The Morgan fingerprint density at radius 3 is 2.84 bits per heavy atom. The summed E-state index contributed by atoms with van der Waals surface area (Å²) in [6.45, 7) is 1.37. The van der Waals surface area contributed by atoms with Gasteiger partial charge in [-0.3, -0.25) is 4.90 Å². The van der Waals surface area contributed by atoms with E-state index in [9.17, 15) is 5.11 Å². The van der Waals surface area contributed by atoms with Crippen molar-refractivity contribution in [2.45, 2.75) is 25.1 Å². The lowest BCUT2D eigenvalue weighted by Crippen LogP contribution is -2.25. The van der Waals surface area contributed by atoms with Crippen LogP contribution in [0.5, 0.6) is 5.75 Å². The zero-order valence-electron chi connectivity index (χ0n) is 14.6. The zero-order valence-corrected chi connectivity index (χ0v) is 14.6. The number of aryl methyl sites for hydroxylation is 1. The van der Waals surface area contributed by atoms with Crippen molar-refractivity contribution in [3.63, 3.8) is 0 Å². The second-order valence-corrected chi connectivity index (χ2v) is 6.69. The number of hydrogen-bond donors (Lipinski definition) is 1. The Bertz CT molecular complexity index is 890. The highest BCUT2D eigenvalue weighted by molar-refractivity contribution is 5.75. The second kappa shape index (κ2) is 6.50. The molecule has 3 aromatic rings. The molecule has 1 aliphatic heterocycles. The normalized spacial score (nSPS) is 21.1. The molecule has 25 heavy (non-hydrogen) atoms. The molecule has 0 unspecified atom stereocenters. The topological polar surface area (TPSA) is 50.5 Å². The van der Waals surface area contributed by atoms with Gasteiger partial charge < -0.3 is 14.4 Å². The van der Waals surface area contributed by atoms with E-state index in [-0.39, 0.29) is 12.1 Å². The summed E-state index contributed by atoms with van der Waals surface area (Å²) in [4.78, 5) is 7.08. The number of likely N-dealkylation sites (tertiary alicyclic amines) is 1. The summed E-state index contributed by atoms with van der Waals surface area (Å²) in [6.07, 6.45) is 0.419. The first-order valence-corrected chi connectivity index (χ1v) is 8.62. The van der Waals surface area contributed by atoms with E-state index < -0.39 is 0 Å². The highest BCUT2D eigenvalue weighted by atomic mass is 16.5. The Hall–Kier alpha value is -2.37. The molecule has 1 fully saturated rings. The Labute approximate surface area is 147 Å². The highest BCUT2D eigenvalue weighted by Gasteiger charge is 2.33. The van der Waals surface area contributed by atoms with Gasteiger partial charge in [0.05, 0.1) is 30.8 Å². The van der Waals surface area contributed by atoms with Crippen LogP contribution in [0, 0.1) is 0 Å². The number of imidazole rings is 1. The first-order valence-electron chi connectivity index (χ1n) is 8.62. The number of fused-ring (bicyclic) bond motifs is 1. The largest absolute Gasteiger partial charge is 0.497 e. The van der Waals surface area contributed by atoms with Crippen molar-refractivity contribution < 1.29 is 9.84 Å². The number of aromatic nitrogens is 2. The van der Waals surface area contributed by atoms with Gasteiger partial charge in [-0.1, -0.05) is 24.3 Å². The number of aliphatic hydroxyl groups excluding tert-OH is 1. The van der Waals surface area contributed by atoms with Crippen LogP contribution in [0.25, 0.3) is 11.0 Å². The van der Waals surface area contributed by atoms with Crippen molar-refractivity contribution in [2.24, 2.45) is 7.05 Å². The second-order valence-electron chi connectivity index (χ2n) is 6.69. The Balaban J connectivity index is 1.64. The number of β-amino-alcohol motifs (C(OH)–C–C–N with tert-alkyl or cyclic N) is 1. The van der Waals surface area contributed by atoms with Crippen LogP contribution >= 0.6 is 0 Å². The van der Waals surface area contributed by atoms with Crippen molar-refractivity contribution in [3.05, 3.63) is 59.9 Å². The monoisotopic (exact) mass is 337 g/mol. The van der Waals surface area contributed by atoms with Gasteiger partial charge in [0.2, 0.25) is 0 Å². The molecule has 0 saturated carbocycles. The van der Waals surface area contributed by atoms with Crippen LogP contribution in [-0.2, 0) is 13.6 Å². The van der Waals surface area contributed by atoms with E-state index in [0.29, 0.717) is 13.1 Å². The fourth-order valence-electron chi connectivity index (χ4n) is 3.77. The first-order chi connectivity index (χ1) is 12.2. The molecule has 0 spiro atoms. The predicted octanol–water partition coefficient (Wildman–Crippen LogP) is 2.89. The van der Waals surface area contributed by atoms with Gasteiger partial charge in [-0.25, -0.2) is 4.98 Å². The Kier molecular flexibility index (Phi) is 4.19. The quantitative estimate of drug-likeness (QED) is 0.795.